The van der Waals surface area contributed by atoms with Crippen LogP contribution in [0.3, 0.4) is 0 Å². The van der Waals surface area contributed by atoms with Gasteiger partial charge in [-0.25, -0.2) is 0 Å². The van der Waals surface area contributed by atoms with E-state index in [9.17, 15) is 9.59 Å². The average molecular weight is 345 g/mol. The van der Waals surface area contributed by atoms with Gasteiger partial charge >= 0.3 is 5.97 Å². The minimum atomic E-state index is -0.169. The first-order valence-corrected chi connectivity index (χ1v) is 8.38. The Morgan fingerprint density at radius 1 is 1.16 bits per heavy atom. The van der Waals surface area contributed by atoms with E-state index in [-0.39, 0.29) is 11.9 Å². The Labute approximate surface area is 146 Å². The van der Waals surface area contributed by atoms with Crippen LogP contribution in [0.2, 0.25) is 0 Å². The van der Waals surface area contributed by atoms with E-state index in [1.807, 2.05) is 6.07 Å². The van der Waals surface area contributed by atoms with Gasteiger partial charge in [0.05, 0.1) is 19.0 Å². The zero-order chi connectivity index (χ0) is 17.9. The molecule has 0 fully saturated rings. The predicted octanol–water partition coefficient (Wildman–Crippen LogP) is 2.50. The number of esters is 1. The Morgan fingerprint density at radius 2 is 1.92 bits per heavy atom. The summed E-state index contributed by atoms with van der Waals surface area (Å²) in [5.74, 6) is 0.126. The standard InChI is InChI=1S/C17H23N5O3/c1-25-16(24)10-6-4-2-3-5-9-15(23)20-17-21-19-13-22(17)14-8-7-11-18-12-14/h7-8,11-13H,2-6,9-10H2,1H3,(H,20,21,23). The van der Waals surface area contributed by atoms with E-state index in [2.05, 4.69) is 25.2 Å². The molecule has 0 unspecified atom stereocenters. The van der Waals surface area contributed by atoms with E-state index in [0.29, 0.717) is 18.8 Å². The number of unbranched alkanes of at least 4 members (excludes halogenated alkanes) is 4. The van der Waals surface area contributed by atoms with Crippen molar-refractivity contribution in [3.05, 3.63) is 30.9 Å². The van der Waals surface area contributed by atoms with Crippen molar-refractivity contribution in [3.63, 3.8) is 0 Å². The minimum absolute atomic E-state index is 0.0901. The van der Waals surface area contributed by atoms with Crippen LogP contribution in [-0.4, -0.2) is 38.7 Å². The van der Waals surface area contributed by atoms with Gasteiger partial charge in [-0.3, -0.25) is 24.5 Å². The van der Waals surface area contributed by atoms with Gasteiger partial charge in [0.1, 0.15) is 6.33 Å². The molecule has 0 aliphatic rings. The number of methoxy groups -OCH3 is 1. The summed E-state index contributed by atoms with van der Waals surface area (Å²) in [6.07, 6.45) is 10.3. The average Bonchev–Trinajstić information content (AvgIpc) is 3.09. The van der Waals surface area contributed by atoms with E-state index in [4.69, 9.17) is 0 Å². The highest BCUT2D eigenvalue weighted by Gasteiger charge is 2.10. The molecule has 0 atom stereocenters. The van der Waals surface area contributed by atoms with Gasteiger partial charge in [0.25, 0.3) is 0 Å². The van der Waals surface area contributed by atoms with E-state index < -0.39 is 0 Å². The van der Waals surface area contributed by atoms with E-state index in [1.54, 1.807) is 23.0 Å². The molecule has 8 nitrogen and oxygen atoms in total. The SMILES string of the molecule is COC(=O)CCCCCCCC(=O)Nc1nncn1-c1cccnc1. The quantitative estimate of drug-likeness (QED) is 0.525. The molecule has 2 aromatic rings. The van der Waals surface area contributed by atoms with Crippen molar-refractivity contribution in [1.29, 1.82) is 0 Å². The second kappa shape index (κ2) is 10.2. The third-order valence-electron chi connectivity index (χ3n) is 3.74. The zero-order valence-electron chi connectivity index (χ0n) is 14.4. The second-order valence-corrected chi connectivity index (χ2v) is 5.63. The number of amides is 1. The topological polar surface area (TPSA) is 99.0 Å². The maximum atomic E-state index is 12.0. The number of nitrogens with one attached hydrogen (secondary N) is 1. The summed E-state index contributed by atoms with van der Waals surface area (Å²) in [6.45, 7) is 0. The van der Waals surface area contributed by atoms with E-state index >= 15 is 0 Å². The first kappa shape index (κ1) is 18.6. The molecule has 2 rings (SSSR count). The Balaban J connectivity index is 1.66. The van der Waals surface area contributed by atoms with Gasteiger partial charge in [-0.1, -0.05) is 19.3 Å². The van der Waals surface area contributed by atoms with Crippen LogP contribution in [0.15, 0.2) is 30.9 Å². The lowest BCUT2D eigenvalue weighted by molar-refractivity contribution is -0.140. The number of hydrogen-bond donors (Lipinski definition) is 1. The maximum absolute atomic E-state index is 12.0. The molecule has 0 aromatic carbocycles. The van der Waals surface area contributed by atoms with Gasteiger partial charge < -0.3 is 4.74 Å². The molecule has 25 heavy (non-hydrogen) atoms. The highest BCUT2D eigenvalue weighted by Crippen LogP contribution is 2.13. The first-order chi connectivity index (χ1) is 12.2. The second-order valence-electron chi connectivity index (χ2n) is 5.63. The molecular weight excluding hydrogens is 322 g/mol. The molecule has 1 N–H and O–H groups in total. The van der Waals surface area contributed by atoms with Gasteiger partial charge in [-0.15, -0.1) is 10.2 Å². The lowest BCUT2D eigenvalue weighted by atomic mass is 10.1. The van der Waals surface area contributed by atoms with Crippen molar-refractivity contribution >= 4 is 17.8 Å². The first-order valence-electron chi connectivity index (χ1n) is 8.38. The zero-order valence-corrected chi connectivity index (χ0v) is 14.4. The Hall–Kier alpha value is -2.77. The van der Waals surface area contributed by atoms with Gasteiger partial charge in [0.15, 0.2) is 0 Å². The lowest BCUT2D eigenvalue weighted by Crippen LogP contribution is -2.15. The highest BCUT2D eigenvalue weighted by atomic mass is 16.5. The summed E-state index contributed by atoms with van der Waals surface area (Å²) >= 11 is 0. The molecule has 0 saturated carbocycles. The van der Waals surface area contributed by atoms with Crippen LogP contribution in [0, 0.1) is 0 Å². The molecule has 0 aliphatic heterocycles. The number of carbonyl (C=O) groups is 2. The smallest absolute Gasteiger partial charge is 0.305 e. The van der Waals surface area contributed by atoms with E-state index in [1.165, 1.54) is 13.4 Å². The van der Waals surface area contributed by atoms with Crippen molar-refractivity contribution in [2.24, 2.45) is 0 Å². The highest BCUT2D eigenvalue weighted by molar-refractivity contribution is 5.89. The van der Waals surface area contributed by atoms with Crippen LogP contribution in [0.4, 0.5) is 5.95 Å². The van der Waals surface area contributed by atoms with Gasteiger partial charge in [-0.2, -0.15) is 0 Å². The summed E-state index contributed by atoms with van der Waals surface area (Å²) in [6, 6.07) is 3.67. The number of rotatable bonds is 10. The third-order valence-corrected chi connectivity index (χ3v) is 3.74. The molecule has 2 aromatic heterocycles. The monoisotopic (exact) mass is 345 g/mol. The fourth-order valence-corrected chi connectivity index (χ4v) is 2.38. The van der Waals surface area contributed by atoms with Crippen molar-refractivity contribution in [2.75, 3.05) is 12.4 Å². The Kier molecular flexibility index (Phi) is 7.55. The van der Waals surface area contributed by atoms with Crippen LogP contribution < -0.4 is 5.32 Å². The number of nitrogens with zero attached hydrogens (tertiary/aromatic N) is 4. The molecule has 2 heterocycles. The third kappa shape index (κ3) is 6.33. The molecule has 0 aliphatic carbocycles. The number of pyridine rings is 1. The molecule has 134 valence electrons. The minimum Gasteiger partial charge on any atom is -0.469 e. The Morgan fingerprint density at radius 3 is 2.64 bits per heavy atom. The normalized spacial score (nSPS) is 10.4. The molecular formula is C17H23N5O3. The summed E-state index contributed by atoms with van der Waals surface area (Å²) in [5.41, 5.74) is 0.786. The summed E-state index contributed by atoms with van der Waals surface area (Å²) < 4.78 is 6.27. The number of hydrogen-bond acceptors (Lipinski definition) is 6. The molecule has 1 amide bonds. The molecule has 0 saturated heterocycles. The molecule has 0 spiro atoms. The van der Waals surface area contributed by atoms with Crippen molar-refractivity contribution in [3.8, 4) is 5.69 Å². The van der Waals surface area contributed by atoms with Crippen LogP contribution in [-0.2, 0) is 14.3 Å². The van der Waals surface area contributed by atoms with E-state index in [0.717, 1.165) is 37.8 Å². The summed E-state index contributed by atoms with van der Waals surface area (Å²) in [4.78, 5) is 27.1. The predicted molar refractivity (Wildman–Crippen MR) is 92.1 cm³/mol. The van der Waals surface area contributed by atoms with Crippen LogP contribution in [0.1, 0.15) is 44.9 Å². The van der Waals surface area contributed by atoms with Crippen molar-refractivity contribution in [1.82, 2.24) is 19.7 Å². The maximum Gasteiger partial charge on any atom is 0.305 e. The fourth-order valence-electron chi connectivity index (χ4n) is 2.38. The molecule has 8 heteroatoms. The summed E-state index contributed by atoms with van der Waals surface area (Å²) in [5, 5.41) is 10.5. The number of carbonyl (C=O) groups excluding carboxylic acids is 2. The molecule has 0 bridgehead atoms. The number of aromatic nitrogens is 4. The van der Waals surface area contributed by atoms with Gasteiger partial charge in [-0.05, 0) is 25.0 Å². The molecule has 0 radical (unpaired) electrons. The van der Waals surface area contributed by atoms with Crippen LogP contribution >= 0.6 is 0 Å². The lowest BCUT2D eigenvalue weighted by Gasteiger charge is -2.07. The van der Waals surface area contributed by atoms with Crippen molar-refractivity contribution < 1.29 is 14.3 Å². The van der Waals surface area contributed by atoms with Gasteiger partial charge in [0.2, 0.25) is 11.9 Å². The Bertz CT molecular complexity index is 672. The van der Waals surface area contributed by atoms with Crippen LogP contribution in [0.5, 0.6) is 0 Å². The summed E-state index contributed by atoms with van der Waals surface area (Å²) in [7, 11) is 1.40. The largest absolute Gasteiger partial charge is 0.469 e. The van der Waals surface area contributed by atoms with Gasteiger partial charge in [0, 0.05) is 19.0 Å². The number of anilines is 1. The number of ether oxygens (including phenoxy) is 1. The fraction of sp³-hybridized carbons (Fsp3) is 0.471. The van der Waals surface area contributed by atoms with Crippen LogP contribution in [0.25, 0.3) is 5.69 Å². The van der Waals surface area contributed by atoms with Crippen molar-refractivity contribution in [2.45, 2.75) is 44.9 Å².